The lowest BCUT2D eigenvalue weighted by atomic mass is 9.98. The van der Waals surface area contributed by atoms with Gasteiger partial charge < -0.3 is 14.5 Å². The molecule has 0 unspecified atom stereocenters. The lowest BCUT2D eigenvalue weighted by Gasteiger charge is -2.16. The molecule has 29 heavy (non-hydrogen) atoms. The van der Waals surface area contributed by atoms with Crippen LogP contribution in [-0.2, 0) is 12.7 Å². The molecule has 0 bridgehead atoms. The van der Waals surface area contributed by atoms with Gasteiger partial charge in [0, 0.05) is 23.4 Å². The average molecular weight is 401 g/mol. The van der Waals surface area contributed by atoms with Crippen LogP contribution in [0.15, 0.2) is 48.5 Å². The van der Waals surface area contributed by atoms with Crippen molar-refractivity contribution in [3.8, 4) is 17.2 Å². The minimum atomic E-state index is -4.98. The lowest BCUT2D eigenvalue weighted by Crippen LogP contribution is -2.27. The van der Waals surface area contributed by atoms with E-state index in [1.165, 1.54) is 43.3 Å². The molecule has 0 fully saturated rings. The molecular formula is C21H13F4N2O2-. The van der Waals surface area contributed by atoms with Gasteiger partial charge in [0.25, 0.3) is 0 Å². The first-order valence-corrected chi connectivity index (χ1v) is 8.40. The normalized spacial score (nSPS) is 11.3. The lowest BCUT2D eigenvalue weighted by molar-refractivity contribution is -0.255. The van der Waals surface area contributed by atoms with Gasteiger partial charge in [-0.05, 0) is 42.3 Å². The van der Waals surface area contributed by atoms with E-state index in [0.717, 1.165) is 16.7 Å². The second kappa shape index (κ2) is 7.43. The van der Waals surface area contributed by atoms with Crippen molar-refractivity contribution in [3.05, 3.63) is 82.4 Å². The fraction of sp³-hybridized carbons (Fsp3) is 0.143. The molecule has 0 N–H and O–H groups in total. The number of benzene rings is 2. The molecule has 3 aromatic rings. The molecule has 1 heterocycles. The summed E-state index contributed by atoms with van der Waals surface area (Å²) in [5.74, 6) is -2.52. The first kappa shape index (κ1) is 20.1. The summed E-state index contributed by atoms with van der Waals surface area (Å²) in [7, 11) is 0. The maximum absolute atomic E-state index is 13.9. The number of aromatic nitrogens is 1. The van der Waals surface area contributed by atoms with Gasteiger partial charge in [0.2, 0.25) is 0 Å². The highest BCUT2D eigenvalue weighted by atomic mass is 19.4. The molecule has 0 saturated heterocycles. The van der Waals surface area contributed by atoms with E-state index in [0.29, 0.717) is 5.56 Å². The van der Waals surface area contributed by atoms with E-state index in [1.807, 2.05) is 6.07 Å². The summed E-state index contributed by atoms with van der Waals surface area (Å²) < 4.78 is 55.6. The fourth-order valence-electron chi connectivity index (χ4n) is 3.30. The maximum Gasteiger partial charge on any atom is 0.432 e. The van der Waals surface area contributed by atoms with E-state index in [9.17, 15) is 27.5 Å². The quantitative estimate of drug-likeness (QED) is 0.623. The molecule has 148 valence electrons. The molecule has 0 radical (unpaired) electrons. The minimum absolute atomic E-state index is 0.0379. The summed E-state index contributed by atoms with van der Waals surface area (Å²) >= 11 is 0. The summed E-state index contributed by atoms with van der Waals surface area (Å²) in [6.45, 7) is 1.04. The smallest absolute Gasteiger partial charge is 0.432 e. The minimum Gasteiger partial charge on any atom is -0.545 e. The summed E-state index contributed by atoms with van der Waals surface area (Å²) in [6.07, 6.45) is -4.98. The monoisotopic (exact) mass is 401 g/mol. The molecule has 0 aliphatic heterocycles. The van der Waals surface area contributed by atoms with E-state index < -0.39 is 29.2 Å². The first-order chi connectivity index (χ1) is 13.6. The van der Waals surface area contributed by atoms with Crippen molar-refractivity contribution in [2.24, 2.45) is 0 Å². The molecule has 8 heteroatoms. The van der Waals surface area contributed by atoms with Crippen LogP contribution in [0.25, 0.3) is 11.1 Å². The zero-order valence-electron chi connectivity index (χ0n) is 15.0. The number of hydrogen-bond donors (Lipinski definition) is 0. The standard InChI is InChI=1S/C21H14F4N2O2/c1-12-17(15-4-2-3-14(9-15)10-26)18(20(28)29)19(21(23,24)25)27(12)11-13-5-7-16(22)8-6-13/h2-9H,11H2,1H3,(H,28,29)/p-1. The Hall–Kier alpha value is -3.60. The summed E-state index contributed by atoms with van der Waals surface area (Å²) in [5.41, 5.74) is -1.80. The van der Waals surface area contributed by atoms with E-state index in [1.54, 1.807) is 0 Å². The number of aromatic carboxylic acids is 1. The Labute approximate surface area is 163 Å². The molecule has 4 nitrogen and oxygen atoms in total. The van der Waals surface area contributed by atoms with Crippen LogP contribution < -0.4 is 5.11 Å². The molecule has 2 aromatic carbocycles. The van der Waals surface area contributed by atoms with Gasteiger partial charge in [0.05, 0.1) is 17.6 Å². The van der Waals surface area contributed by atoms with Crippen LogP contribution in [0.4, 0.5) is 17.6 Å². The second-order valence-electron chi connectivity index (χ2n) is 6.37. The third kappa shape index (κ3) is 3.85. The number of halogens is 4. The van der Waals surface area contributed by atoms with Crippen LogP contribution in [0.2, 0.25) is 0 Å². The molecule has 0 aliphatic carbocycles. The van der Waals surface area contributed by atoms with Gasteiger partial charge in [-0.2, -0.15) is 18.4 Å². The predicted molar refractivity (Wildman–Crippen MR) is 94.2 cm³/mol. The number of nitriles is 1. The van der Waals surface area contributed by atoms with Crippen LogP contribution in [0.3, 0.4) is 0 Å². The highest BCUT2D eigenvalue weighted by molar-refractivity contribution is 5.98. The van der Waals surface area contributed by atoms with Gasteiger partial charge in [-0.25, -0.2) is 4.39 Å². The molecule has 0 spiro atoms. The van der Waals surface area contributed by atoms with Crippen molar-refractivity contribution < 1.29 is 27.5 Å². The Morgan fingerprint density at radius 1 is 1.17 bits per heavy atom. The van der Waals surface area contributed by atoms with Crippen molar-refractivity contribution in [1.29, 1.82) is 5.26 Å². The van der Waals surface area contributed by atoms with Gasteiger partial charge >= 0.3 is 6.18 Å². The summed E-state index contributed by atoms with van der Waals surface area (Å²) in [5, 5.41) is 20.8. The molecular weight excluding hydrogens is 388 g/mol. The topological polar surface area (TPSA) is 68.8 Å². The maximum atomic E-state index is 13.9. The van der Waals surface area contributed by atoms with Gasteiger partial charge in [-0.15, -0.1) is 0 Å². The largest absolute Gasteiger partial charge is 0.545 e. The second-order valence-corrected chi connectivity index (χ2v) is 6.37. The number of rotatable bonds is 4. The van der Waals surface area contributed by atoms with Crippen LogP contribution in [0, 0.1) is 24.1 Å². The van der Waals surface area contributed by atoms with Crippen LogP contribution >= 0.6 is 0 Å². The van der Waals surface area contributed by atoms with Crippen LogP contribution in [-0.4, -0.2) is 10.5 Å². The molecule has 0 saturated carbocycles. The van der Waals surface area contributed by atoms with Crippen LogP contribution in [0.1, 0.15) is 32.9 Å². The Bertz CT molecular complexity index is 1120. The zero-order valence-corrected chi connectivity index (χ0v) is 15.0. The summed E-state index contributed by atoms with van der Waals surface area (Å²) in [6, 6.07) is 12.4. The average Bonchev–Trinajstić information content (AvgIpc) is 2.96. The number of hydrogen-bond acceptors (Lipinski definition) is 3. The molecule has 3 rings (SSSR count). The van der Waals surface area contributed by atoms with Crippen molar-refractivity contribution in [3.63, 3.8) is 0 Å². The van der Waals surface area contributed by atoms with Crippen molar-refractivity contribution >= 4 is 5.97 Å². The van der Waals surface area contributed by atoms with E-state index in [-0.39, 0.29) is 28.9 Å². The number of carbonyl (C=O) groups is 1. The SMILES string of the molecule is Cc1c(-c2cccc(C#N)c2)c(C(=O)[O-])c(C(F)(F)F)n1Cc1ccc(F)cc1. The van der Waals surface area contributed by atoms with Crippen molar-refractivity contribution in [2.75, 3.05) is 0 Å². The number of carboxylic acids is 1. The number of nitrogens with zero attached hydrogens (tertiary/aromatic N) is 2. The van der Waals surface area contributed by atoms with E-state index >= 15 is 0 Å². The molecule has 0 atom stereocenters. The van der Waals surface area contributed by atoms with Gasteiger partial charge in [0.1, 0.15) is 11.5 Å². The Balaban J connectivity index is 2.31. The number of carboxylic acid groups (broad SMARTS) is 1. The third-order valence-corrected chi connectivity index (χ3v) is 4.53. The van der Waals surface area contributed by atoms with E-state index in [2.05, 4.69) is 0 Å². The van der Waals surface area contributed by atoms with Gasteiger partial charge in [-0.3, -0.25) is 0 Å². The van der Waals surface area contributed by atoms with Crippen molar-refractivity contribution in [2.45, 2.75) is 19.6 Å². The van der Waals surface area contributed by atoms with E-state index in [4.69, 9.17) is 5.26 Å². The molecule has 0 aliphatic rings. The Morgan fingerprint density at radius 3 is 2.38 bits per heavy atom. The highest BCUT2D eigenvalue weighted by Crippen LogP contribution is 2.41. The highest BCUT2D eigenvalue weighted by Gasteiger charge is 2.40. The Morgan fingerprint density at radius 2 is 1.83 bits per heavy atom. The number of alkyl halides is 3. The fourth-order valence-corrected chi connectivity index (χ4v) is 3.30. The molecule has 0 amide bonds. The third-order valence-electron chi connectivity index (χ3n) is 4.53. The molecule has 1 aromatic heterocycles. The van der Waals surface area contributed by atoms with Crippen LogP contribution in [0.5, 0.6) is 0 Å². The number of carbonyl (C=O) groups excluding carboxylic acids is 1. The zero-order chi connectivity index (χ0) is 21.3. The summed E-state index contributed by atoms with van der Waals surface area (Å²) in [4.78, 5) is 11.7. The van der Waals surface area contributed by atoms with Gasteiger partial charge in [-0.1, -0.05) is 24.3 Å². The Kier molecular flexibility index (Phi) is 5.16. The van der Waals surface area contributed by atoms with Gasteiger partial charge in [0.15, 0.2) is 0 Å². The first-order valence-electron chi connectivity index (χ1n) is 8.40. The van der Waals surface area contributed by atoms with Crippen molar-refractivity contribution in [1.82, 2.24) is 4.57 Å². The predicted octanol–water partition coefficient (Wildman–Crippen LogP) is 3.90.